The molecular weight excluding hydrogens is 252 g/mol. The number of unbranched alkanes of at least 4 members (excludes halogenated alkanes) is 7. The maximum absolute atomic E-state index is 5.27. The van der Waals surface area contributed by atoms with Gasteiger partial charge in [0.15, 0.2) is 0 Å². The molecule has 0 heteroatoms. The maximum atomic E-state index is 5.27. The molecule has 0 fully saturated rings. The minimum absolute atomic E-state index is 0.521. The van der Waals surface area contributed by atoms with Gasteiger partial charge in [-0.3, -0.25) is 0 Å². The van der Waals surface area contributed by atoms with Crippen molar-refractivity contribution in [1.29, 1.82) is 0 Å². The van der Waals surface area contributed by atoms with Gasteiger partial charge in [-0.1, -0.05) is 80.1 Å². The Balaban J connectivity index is 3.98. The highest BCUT2D eigenvalue weighted by atomic mass is 14.4. The summed E-state index contributed by atoms with van der Waals surface area (Å²) >= 11 is 0. The van der Waals surface area contributed by atoms with E-state index in [0.717, 1.165) is 24.2 Å². The maximum Gasteiger partial charge on any atom is 0.00860 e. The van der Waals surface area contributed by atoms with Crippen LogP contribution in [0.5, 0.6) is 0 Å². The smallest absolute Gasteiger partial charge is 0.00860 e. The predicted molar refractivity (Wildman–Crippen MR) is 97.3 cm³/mol. The fraction of sp³-hybridized carbons (Fsp3) is 0.905. The van der Waals surface area contributed by atoms with Gasteiger partial charge in [-0.2, -0.15) is 0 Å². The molecule has 0 aliphatic heterocycles. The lowest BCUT2D eigenvalue weighted by molar-refractivity contribution is 0.0356. The molecule has 21 heavy (non-hydrogen) atoms. The highest BCUT2D eigenvalue weighted by molar-refractivity contribution is 4.88. The van der Waals surface area contributed by atoms with Crippen LogP contribution in [0.4, 0.5) is 0 Å². The van der Waals surface area contributed by atoms with Crippen molar-refractivity contribution in [3.8, 4) is 12.3 Å². The van der Waals surface area contributed by atoms with E-state index in [9.17, 15) is 0 Å². The Morgan fingerprint density at radius 2 is 1.05 bits per heavy atom. The molecule has 0 aromatic rings. The molecule has 0 N–H and O–H groups in total. The third-order valence-electron chi connectivity index (χ3n) is 5.66. The zero-order valence-electron chi connectivity index (χ0n) is 15.7. The van der Waals surface area contributed by atoms with Crippen LogP contribution in [0.1, 0.15) is 99.3 Å². The van der Waals surface area contributed by atoms with E-state index in [-0.39, 0.29) is 0 Å². The van der Waals surface area contributed by atoms with Crippen molar-refractivity contribution in [3.63, 3.8) is 0 Å². The van der Waals surface area contributed by atoms with E-state index in [0.29, 0.717) is 5.41 Å². The second-order valence-corrected chi connectivity index (χ2v) is 7.76. The van der Waals surface area contributed by atoms with Crippen LogP contribution in [0.2, 0.25) is 0 Å². The monoisotopic (exact) mass is 292 g/mol. The van der Waals surface area contributed by atoms with Gasteiger partial charge >= 0.3 is 0 Å². The number of hydrogen-bond acceptors (Lipinski definition) is 0. The van der Waals surface area contributed by atoms with Gasteiger partial charge in [0.1, 0.15) is 0 Å². The molecule has 0 rings (SSSR count). The molecule has 0 nitrogen and oxygen atoms in total. The van der Waals surface area contributed by atoms with Crippen LogP contribution in [0.3, 0.4) is 0 Å². The van der Waals surface area contributed by atoms with Crippen molar-refractivity contribution in [2.24, 2.45) is 23.2 Å². The highest BCUT2D eigenvalue weighted by Gasteiger charge is 2.39. The Morgan fingerprint density at radius 1 is 0.667 bits per heavy atom. The van der Waals surface area contributed by atoms with Crippen molar-refractivity contribution < 1.29 is 0 Å². The van der Waals surface area contributed by atoms with E-state index in [1.165, 1.54) is 51.4 Å². The summed E-state index contributed by atoms with van der Waals surface area (Å²) in [7, 11) is 0. The normalized spacial score (nSPS) is 12.4. The average molecular weight is 293 g/mol. The molecule has 0 aromatic carbocycles. The second-order valence-electron chi connectivity index (χ2n) is 7.76. The van der Waals surface area contributed by atoms with E-state index in [2.05, 4.69) is 47.5 Å². The molecule has 0 saturated heterocycles. The molecule has 0 aliphatic carbocycles. The molecular formula is C21H40. The van der Waals surface area contributed by atoms with Gasteiger partial charge in [-0.05, 0) is 36.0 Å². The summed E-state index contributed by atoms with van der Waals surface area (Å²) in [6.07, 6.45) is 17.1. The van der Waals surface area contributed by atoms with Gasteiger partial charge < -0.3 is 0 Å². The fourth-order valence-electron chi connectivity index (χ4n) is 4.41. The van der Waals surface area contributed by atoms with Crippen LogP contribution in [-0.2, 0) is 0 Å². The van der Waals surface area contributed by atoms with Gasteiger partial charge in [-0.15, -0.1) is 12.3 Å². The van der Waals surface area contributed by atoms with Crippen molar-refractivity contribution in [3.05, 3.63) is 0 Å². The van der Waals surface area contributed by atoms with Crippen LogP contribution in [0.25, 0.3) is 0 Å². The Kier molecular flexibility index (Phi) is 10.9. The quantitative estimate of drug-likeness (QED) is 0.266. The Bertz CT molecular complexity index is 255. The van der Waals surface area contributed by atoms with Gasteiger partial charge in [0.2, 0.25) is 0 Å². The van der Waals surface area contributed by atoms with Crippen molar-refractivity contribution in [2.75, 3.05) is 0 Å². The first-order chi connectivity index (χ1) is 9.89. The molecule has 0 aromatic heterocycles. The summed E-state index contributed by atoms with van der Waals surface area (Å²) in [4.78, 5) is 0. The number of hydrogen-bond donors (Lipinski definition) is 0. The number of terminal acetylenes is 1. The van der Waals surface area contributed by atoms with Crippen molar-refractivity contribution in [1.82, 2.24) is 0 Å². The molecule has 0 unspecified atom stereocenters. The highest BCUT2D eigenvalue weighted by Crippen LogP contribution is 2.47. The van der Waals surface area contributed by atoms with Crippen LogP contribution in [0.15, 0.2) is 0 Å². The molecule has 0 spiro atoms. The zero-order valence-corrected chi connectivity index (χ0v) is 15.7. The summed E-state index contributed by atoms with van der Waals surface area (Å²) in [5.41, 5.74) is 0.521. The summed E-state index contributed by atoms with van der Waals surface area (Å²) in [6, 6.07) is 0. The van der Waals surface area contributed by atoms with Crippen LogP contribution < -0.4 is 0 Å². The van der Waals surface area contributed by atoms with Crippen molar-refractivity contribution >= 4 is 0 Å². The van der Waals surface area contributed by atoms with E-state index < -0.39 is 0 Å². The third kappa shape index (κ3) is 6.90. The summed E-state index contributed by atoms with van der Waals surface area (Å²) in [5.74, 6) is 5.06. The lowest BCUT2D eigenvalue weighted by Crippen LogP contribution is -2.38. The van der Waals surface area contributed by atoms with E-state index >= 15 is 0 Å². The lowest BCUT2D eigenvalue weighted by atomic mass is 9.60. The molecule has 0 atom stereocenters. The average Bonchev–Trinajstić information content (AvgIpc) is 2.39. The largest absolute Gasteiger partial charge is 0.120 e. The van der Waals surface area contributed by atoms with Gasteiger partial charge in [0.25, 0.3) is 0 Å². The molecule has 0 amide bonds. The molecule has 0 aliphatic rings. The van der Waals surface area contributed by atoms with Gasteiger partial charge in [0.05, 0.1) is 0 Å². The van der Waals surface area contributed by atoms with Gasteiger partial charge in [0, 0.05) is 6.42 Å². The zero-order chi connectivity index (χ0) is 16.3. The minimum atomic E-state index is 0.521. The third-order valence-corrected chi connectivity index (χ3v) is 5.66. The Morgan fingerprint density at radius 3 is 1.43 bits per heavy atom. The molecule has 0 heterocycles. The summed E-state index contributed by atoms with van der Waals surface area (Å²) in [5, 5.41) is 0. The lowest BCUT2D eigenvalue weighted by Gasteiger charge is -2.45. The van der Waals surface area contributed by atoms with Crippen LogP contribution >= 0.6 is 0 Å². The molecule has 124 valence electrons. The second kappa shape index (κ2) is 11.2. The van der Waals surface area contributed by atoms with E-state index in [1.54, 1.807) is 0 Å². The van der Waals surface area contributed by atoms with E-state index in [4.69, 9.17) is 6.42 Å². The first-order valence-electron chi connectivity index (χ1n) is 9.33. The predicted octanol–water partition coefficient (Wildman–Crippen LogP) is 7.08. The topological polar surface area (TPSA) is 0 Å². The molecule has 0 radical (unpaired) electrons. The fourth-order valence-corrected chi connectivity index (χ4v) is 4.41. The standard InChI is InChI=1S/C21H40/c1-8-9-10-11-12-13-14-15-16-17-21(18(2)3,19(4)5)20(6)7/h1,18-20H,9-17H2,2-7H3. The minimum Gasteiger partial charge on any atom is -0.120 e. The summed E-state index contributed by atoms with van der Waals surface area (Å²) in [6.45, 7) is 14.5. The Labute approximate surface area is 135 Å². The molecule has 0 bridgehead atoms. The first-order valence-corrected chi connectivity index (χ1v) is 9.33. The van der Waals surface area contributed by atoms with Crippen molar-refractivity contribution in [2.45, 2.75) is 99.3 Å². The molecule has 0 saturated carbocycles. The first kappa shape index (κ1) is 20.6. The van der Waals surface area contributed by atoms with Crippen LogP contribution in [-0.4, -0.2) is 0 Å². The number of rotatable bonds is 12. The summed E-state index contributed by atoms with van der Waals surface area (Å²) < 4.78 is 0. The van der Waals surface area contributed by atoms with Gasteiger partial charge in [-0.25, -0.2) is 0 Å². The SMILES string of the molecule is C#CCCCCCCCCCC(C(C)C)(C(C)C)C(C)C. The van der Waals surface area contributed by atoms with Crippen LogP contribution in [0, 0.1) is 35.5 Å². The van der Waals surface area contributed by atoms with E-state index in [1.807, 2.05) is 0 Å². The Hall–Kier alpha value is -0.440.